The fourth-order valence-electron chi connectivity index (χ4n) is 2.51. The van der Waals surface area contributed by atoms with E-state index < -0.39 is 0 Å². The Labute approximate surface area is 152 Å². The third-order valence-corrected chi connectivity index (χ3v) is 4.24. The van der Waals surface area contributed by atoms with E-state index in [0.717, 1.165) is 10.0 Å². The summed E-state index contributed by atoms with van der Waals surface area (Å²) in [6.45, 7) is 0.331. The highest BCUT2D eigenvalue weighted by atomic mass is 79.9. The van der Waals surface area contributed by atoms with Crippen LogP contribution in [0.3, 0.4) is 0 Å². The van der Waals surface area contributed by atoms with E-state index in [9.17, 15) is 14.7 Å². The standard InChI is InChI=1S/C18H16BrN3O3/c19-13-4-5-16-15(9-13)18(25)22(11-21-16)10-17(24)20-7-6-12-2-1-3-14(23)8-12/h1-5,8-9,11,23H,6-7,10H2,(H,20,24). The number of rotatable bonds is 5. The number of aromatic nitrogens is 2. The topological polar surface area (TPSA) is 84.2 Å². The molecule has 3 aromatic rings. The van der Waals surface area contributed by atoms with Crippen molar-refractivity contribution in [3.05, 3.63) is 69.2 Å². The first-order valence-corrected chi connectivity index (χ1v) is 8.51. The van der Waals surface area contributed by atoms with Crippen molar-refractivity contribution in [3.63, 3.8) is 0 Å². The number of nitrogens with one attached hydrogen (secondary N) is 1. The second-order valence-corrected chi connectivity index (χ2v) is 6.52. The number of amides is 1. The molecule has 0 fully saturated rings. The SMILES string of the molecule is O=C(Cn1cnc2ccc(Br)cc2c1=O)NCCc1cccc(O)c1. The summed E-state index contributed by atoms with van der Waals surface area (Å²) in [7, 11) is 0. The van der Waals surface area contributed by atoms with Crippen molar-refractivity contribution in [3.8, 4) is 5.75 Å². The van der Waals surface area contributed by atoms with Crippen molar-refractivity contribution in [1.82, 2.24) is 14.9 Å². The summed E-state index contributed by atoms with van der Waals surface area (Å²) in [5.74, 6) is -0.0674. The zero-order valence-electron chi connectivity index (χ0n) is 13.3. The predicted octanol–water partition coefficient (Wildman–Crippen LogP) is 2.22. The molecule has 0 atom stereocenters. The highest BCUT2D eigenvalue weighted by Gasteiger charge is 2.08. The molecule has 0 bridgehead atoms. The van der Waals surface area contributed by atoms with Crippen molar-refractivity contribution in [2.45, 2.75) is 13.0 Å². The molecule has 0 unspecified atom stereocenters. The van der Waals surface area contributed by atoms with Crippen LogP contribution in [0.2, 0.25) is 0 Å². The van der Waals surface area contributed by atoms with Gasteiger partial charge in [0.15, 0.2) is 0 Å². The number of aromatic hydroxyl groups is 1. The van der Waals surface area contributed by atoms with Crippen LogP contribution >= 0.6 is 15.9 Å². The average molecular weight is 402 g/mol. The average Bonchev–Trinajstić information content (AvgIpc) is 2.58. The van der Waals surface area contributed by atoms with Crippen molar-refractivity contribution in [1.29, 1.82) is 0 Å². The molecular formula is C18H16BrN3O3. The molecular weight excluding hydrogens is 386 g/mol. The second kappa shape index (κ2) is 7.48. The van der Waals surface area contributed by atoms with E-state index in [0.29, 0.717) is 23.9 Å². The van der Waals surface area contributed by atoms with E-state index in [4.69, 9.17) is 0 Å². The summed E-state index contributed by atoms with van der Waals surface area (Å²) in [6.07, 6.45) is 1.98. The van der Waals surface area contributed by atoms with Crippen molar-refractivity contribution in [2.24, 2.45) is 0 Å². The first kappa shape index (κ1) is 17.2. The van der Waals surface area contributed by atoms with E-state index in [1.165, 1.54) is 10.9 Å². The number of carbonyl (C=O) groups excluding carboxylic acids is 1. The lowest BCUT2D eigenvalue weighted by Gasteiger charge is -2.08. The summed E-state index contributed by atoms with van der Waals surface area (Å²) in [4.78, 5) is 28.7. The fraction of sp³-hybridized carbons (Fsp3) is 0.167. The Bertz CT molecular complexity index is 985. The molecule has 1 heterocycles. The number of phenols is 1. The highest BCUT2D eigenvalue weighted by molar-refractivity contribution is 9.10. The number of hydrogen-bond donors (Lipinski definition) is 2. The zero-order valence-corrected chi connectivity index (χ0v) is 14.9. The van der Waals surface area contributed by atoms with Crippen LogP contribution in [-0.2, 0) is 17.8 Å². The lowest BCUT2D eigenvalue weighted by atomic mass is 10.1. The molecule has 1 aromatic heterocycles. The van der Waals surface area contributed by atoms with Gasteiger partial charge in [0.1, 0.15) is 12.3 Å². The number of benzene rings is 2. The number of hydrogen-bond acceptors (Lipinski definition) is 4. The van der Waals surface area contributed by atoms with Crippen LogP contribution in [0.25, 0.3) is 10.9 Å². The molecule has 0 spiro atoms. The first-order chi connectivity index (χ1) is 12.0. The summed E-state index contributed by atoms with van der Waals surface area (Å²) in [5.41, 5.74) is 1.26. The van der Waals surface area contributed by atoms with Crippen LogP contribution in [0.1, 0.15) is 5.56 Å². The molecule has 2 N–H and O–H groups in total. The van der Waals surface area contributed by atoms with E-state index in [1.54, 1.807) is 30.3 Å². The number of nitrogens with zero attached hydrogens (tertiary/aromatic N) is 2. The molecule has 2 aromatic carbocycles. The molecule has 0 radical (unpaired) electrons. The maximum Gasteiger partial charge on any atom is 0.261 e. The Balaban J connectivity index is 1.64. The van der Waals surface area contributed by atoms with E-state index >= 15 is 0 Å². The van der Waals surface area contributed by atoms with Crippen LogP contribution < -0.4 is 10.9 Å². The van der Waals surface area contributed by atoms with Gasteiger partial charge in [-0.3, -0.25) is 14.2 Å². The maximum atomic E-state index is 12.4. The maximum absolute atomic E-state index is 12.4. The van der Waals surface area contributed by atoms with E-state index in [2.05, 4.69) is 26.2 Å². The van der Waals surface area contributed by atoms with Gasteiger partial charge >= 0.3 is 0 Å². The van der Waals surface area contributed by atoms with Gasteiger partial charge in [0.05, 0.1) is 17.2 Å². The van der Waals surface area contributed by atoms with Gasteiger partial charge in [-0.15, -0.1) is 0 Å². The molecule has 0 aliphatic carbocycles. The largest absolute Gasteiger partial charge is 0.508 e. The lowest BCUT2D eigenvalue weighted by Crippen LogP contribution is -2.33. The van der Waals surface area contributed by atoms with Crippen LogP contribution in [0, 0.1) is 0 Å². The van der Waals surface area contributed by atoms with Crippen LogP contribution in [0.15, 0.2) is 58.1 Å². The Morgan fingerprint density at radius 2 is 2.08 bits per heavy atom. The van der Waals surface area contributed by atoms with Gasteiger partial charge in [-0.25, -0.2) is 4.98 Å². The molecule has 0 saturated carbocycles. The third kappa shape index (κ3) is 4.24. The smallest absolute Gasteiger partial charge is 0.261 e. The molecule has 25 heavy (non-hydrogen) atoms. The highest BCUT2D eigenvalue weighted by Crippen LogP contribution is 2.14. The van der Waals surface area contributed by atoms with Gasteiger partial charge < -0.3 is 10.4 Å². The summed E-state index contributed by atoms with van der Waals surface area (Å²) >= 11 is 3.33. The van der Waals surface area contributed by atoms with Crippen LogP contribution in [0.4, 0.5) is 0 Å². The molecule has 0 aliphatic heterocycles. The molecule has 7 heteroatoms. The summed E-state index contributed by atoms with van der Waals surface area (Å²) in [5, 5.41) is 12.6. The number of halogens is 1. The second-order valence-electron chi connectivity index (χ2n) is 5.61. The molecule has 0 saturated heterocycles. The van der Waals surface area contributed by atoms with Gasteiger partial charge in [0.25, 0.3) is 5.56 Å². The summed E-state index contributed by atoms with van der Waals surface area (Å²) < 4.78 is 2.07. The Kier molecular flexibility index (Phi) is 5.14. The number of phenolic OH excluding ortho intramolecular Hbond substituents is 1. The predicted molar refractivity (Wildman–Crippen MR) is 98.5 cm³/mol. The van der Waals surface area contributed by atoms with Crippen molar-refractivity contribution >= 4 is 32.7 Å². The van der Waals surface area contributed by atoms with Crippen molar-refractivity contribution < 1.29 is 9.90 Å². The Morgan fingerprint density at radius 3 is 2.88 bits per heavy atom. The molecule has 128 valence electrons. The number of fused-ring (bicyclic) bond motifs is 1. The van der Waals surface area contributed by atoms with E-state index in [-0.39, 0.29) is 23.8 Å². The third-order valence-electron chi connectivity index (χ3n) is 3.75. The lowest BCUT2D eigenvalue weighted by molar-refractivity contribution is -0.121. The molecule has 6 nitrogen and oxygen atoms in total. The van der Waals surface area contributed by atoms with Gasteiger partial charge in [0.2, 0.25) is 5.91 Å². The molecule has 3 rings (SSSR count). The van der Waals surface area contributed by atoms with Gasteiger partial charge in [-0.2, -0.15) is 0 Å². The minimum absolute atomic E-state index is 0.0890. The number of carbonyl (C=O) groups is 1. The van der Waals surface area contributed by atoms with Gasteiger partial charge in [-0.05, 0) is 42.3 Å². The minimum atomic E-state index is -0.265. The fourth-order valence-corrected chi connectivity index (χ4v) is 2.87. The monoisotopic (exact) mass is 401 g/mol. The molecule has 1 amide bonds. The molecule has 0 aliphatic rings. The van der Waals surface area contributed by atoms with Crippen LogP contribution in [0.5, 0.6) is 5.75 Å². The quantitative estimate of drug-likeness (QED) is 0.686. The van der Waals surface area contributed by atoms with Gasteiger partial charge in [0, 0.05) is 11.0 Å². The van der Waals surface area contributed by atoms with Crippen molar-refractivity contribution in [2.75, 3.05) is 6.54 Å². The Hall–Kier alpha value is -2.67. The van der Waals surface area contributed by atoms with Crippen LogP contribution in [-0.4, -0.2) is 27.1 Å². The summed E-state index contributed by atoms with van der Waals surface area (Å²) in [6, 6.07) is 12.1. The Morgan fingerprint density at radius 1 is 1.24 bits per heavy atom. The van der Waals surface area contributed by atoms with Gasteiger partial charge in [-0.1, -0.05) is 28.1 Å². The first-order valence-electron chi connectivity index (χ1n) is 7.72. The zero-order chi connectivity index (χ0) is 17.8. The normalized spacial score (nSPS) is 10.8. The van der Waals surface area contributed by atoms with E-state index in [1.807, 2.05) is 12.1 Å². The minimum Gasteiger partial charge on any atom is -0.508 e.